The van der Waals surface area contributed by atoms with E-state index in [-0.39, 0.29) is 10.8 Å². The zero-order valence-electron chi connectivity index (χ0n) is 10.8. The van der Waals surface area contributed by atoms with Gasteiger partial charge in [0.1, 0.15) is 5.82 Å². The van der Waals surface area contributed by atoms with Gasteiger partial charge in [-0.2, -0.15) is 0 Å². The lowest BCUT2D eigenvalue weighted by Gasteiger charge is -2.20. The molecule has 0 aromatic heterocycles. The molecule has 0 radical (unpaired) electrons. The van der Waals surface area contributed by atoms with E-state index in [9.17, 15) is 4.39 Å². The molecule has 2 atom stereocenters. The predicted molar refractivity (Wildman–Crippen MR) is 72.0 cm³/mol. The van der Waals surface area contributed by atoms with Crippen molar-refractivity contribution in [1.29, 1.82) is 0 Å². The van der Waals surface area contributed by atoms with Gasteiger partial charge in [0.15, 0.2) is 0 Å². The molecule has 0 heterocycles. The van der Waals surface area contributed by atoms with Gasteiger partial charge in [-0.25, -0.2) is 4.39 Å². The largest absolute Gasteiger partial charge is 0.317 e. The Labute approximate surface area is 108 Å². The van der Waals surface area contributed by atoms with Crippen molar-refractivity contribution in [1.82, 2.24) is 5.32 Å². The molecule has 0 aliphatic rings. The van der Waals surface area contributed by atoms with Crippen molar-refractivity contribution in [2.24, 2.45) is 5.92 Å². The minimum absolute atomic E-state index is 0.209. The number of hydrogen-bond donors (Lipinski definition) is 1. The number of hydrogen-bond acceptors (Lipinski definition) is 1. The molecule has 0 aliphatic carbocycles. The fraction of sp³-hybridized carbons (Fsp3) is 0.571. The number of benzene rings is 1. The number of likely N-dealkylation sites (N-methyl/N-ethyl adjacent to an activating group) is 1. The summed E-state index contributed by atoms with van der Waals surface area (Å²) in [5.74, 6) is 0.349. The molecule has 96 valence electrons. The van der Waals surface area contributed by atoms with Crippen molar-refractivity contribution in [3.8, 4) is 0 Å². The smallest absolute Gasteiger partial charge is 0.141 e. The van der Waals surface area contributed by atoms with Crippen LogP contribution in [-0.4, -0.2) is 13.1 Å². The molecule has 2 unspecified atom stereocenters. The van der Waals surface area contributed by atoms with Crippen molar-refractivity contribution in [3.63, 3.8) is 0 Å². The van der Waals surface area contributed by atoms with Crippen molar-refractivity contribution in [2.75, 3.05) is 7.05 Å². The second-order valence-corrected chi connectivity index (χ2v) is 5.09. The van der Waals surface area contributed by atoms with Crippen LogP contribution in [0.4, 0.5) is 4.39 Å². The average Bonchev–Trinajstić information content (AvgIpc) is 2.32. The van der Waals surface area contributed by atoms with E-state index in [1.165, 1.54) is 12.5 Å². The van der Waals surface area contributed by atoms with Gasteiger partial charge in [0.2, 0.25) is 0 Å². The Morgan fingerprint density at radius 2 is 2.12 bits per heavy atom. The van der Waals surface area contributed by atoms with Gasteiger partial charge in [0.25, 0.3) is 0 Å². The summed E-state index contributed by atoms with van der Waals surface area (Å²) in [5.41, 5.74) is 1.08. The third kappa shape index (κ3) is 4.64. The first-order valence-electron chi connectivity index (χ1n) is 6.18. The van der Waals surface area contributed by atoms with E-state index in [0.29, 0.717) is 12.0 Å². The van der Waals surface area contributed by atoms with Gasteiger partial charge in [-0.3, -0.25) is 0 Å². The van der Waals surface area contributed by atoms with Crippen LogP contribution in [0.25, 0.3) is 0 Å². The summed E-state index contributed by atoms with van der Waals surface area (Å²) in [6.45, 7) is 4.45. The molecule has 1 rings (SSSR count). The van der Waals surface area contributed by atoms with E-state index in [1.54, 1.807) is 6.07 Å². The molecule has 1 N–H and O–H groups in total. The zero-order valence-corrected chi connectivity index (χ0v) is 11.5. The molecule has 1 aromatic carbocycles. The Kier molecular flexibility index (Phi) is 5.93. The molecule has 0 saturated carbocycles. The predicted octanol–water partition coefficient (Wildman–Crippen LogP) is 4.05. The summed E-state index contributed by atoms with van der Waals surface area (Å²) in [6.07, 6.45) is 3.20. The van der Waals surface area contributed by atoms with Crippen LogP contribution < -0.4 is 5.32 Å². The molecule has 0 spiro atoms. The molecule has 0 bridgehead atoms. The van der Waals surface area contributed by atoms with Gasteiger partial charge in [0, 0.05) is 6.04 Å². The highest BCUT2D eigenvalue weighted by Crippen LogP contribution is 2.19. The molecular formula is C14H21ClFN. The highest BCUT2D eigenvalue weighted by Gasteiger charge is 2.12. The van der Waals surface area contributed by atoms with Crippen molar-refractivity contribution >= 4 is 11.6 Å². The zero-order chi connectivity index (χ0) is 12.8. The number of halogens is 2. The van der Waals surface area contributed by atoms with Crippen LogP contribution in [0.1, 0.15) is 32.3 Å². The van der Waals surface area contributed by atoms with Crippen LogP contribution in [0, 0.1) is 11.7 Å². The van der Waals surface area contributed by atoms with Crippen LogP contribution in [0.15, 0.2) is 18.2 Å². The SMILES string of the molecule is CCC(C)CC(Cc1ccc(F)c(Cl)c1)NC. The molecule has 0 saturated heterocycles. The van der Waals surface area contributed by atoms with Crippen LogP contribution in [0.5, 0.6) is 0 Å². The van der Waals surface area contributed by atoms with Gasteiger partial charge in [-0.1, -0.05) is 37.9 Å². The van der Waals surface area contributed by atoms with Crippen LogP contribution in [0.3, 0.4) is 0 Å². The summed E-state index contributed by atoms with van der Waals surface area (Å²) in [5, 5.41) is 3.52. The molecule has 0 aliphatic heterocycles. The first-order valence-corrected chi connectivity index (χ1v) is 6.55. The Morgan fingerprint density at radius 3 is 2.65 bits per heavy atom. The highest BCUT2D eigenvalue weighted by molar-refractivity contribution is 6.30. The fourth-order valence-electron chi connectivity index (χ4n) is 1.91. The number of rotatable bonds is 6. The minimum atomic E-state index is -0.349. The Hall–Kier alpha value is -0.600. The maximum Gasteiger partial charge on any atom is 0.141 e. The number of nitrogens with one attached hydrogen (secondary N) is 1. The summed E-state index contributed by atoms with van der Waals surface area (Å²) in [6, 6.07) is 5.39. The monoisotopic (exact) mass is 257 g/mol. The van der Waals surface area contributed by atoms with E-state index >= 15 is 0 Å². The summed E-state index contributed by atoms with van der Waals surface area (Å²) >= 11 is 5.78. The van der Waals surface area contributed by atoms with Crippen molar-refractivity contribution < 1.29 is 4.39 Å². The summed E-state index contributed by atoms with van der Waals surface area (Å²) in [7, 11) is 1.97. The van der Waals surface area contributed by atoms with Crippen LogP contribution >= 0.6 is 11.6 Å². The summed E-state index contributed by atoms with van der Waals surface area (Å²) in [4.78, 5) is 0. The Morgan fingerprint density at radius 1 is 1.41 bits per heavy atom. The normalized spacial score (nSPS) is 14.6. The lowest BCUT2D eigenvalue weighted by atomic mass is 9.95. The van der Waals surface area contributed by atoms with E-state index in [4.69, 9.17) is 11.6 Å². The third-order valence-corrected chi connectivity index (χ3v) is 3.55. The van der Waals surface area contributed by atoms with Crippen molar-refractivity contribution in [3.05, 3.63) is 34.6 Å². The quantitative estimate of drug-likeness (QED) is 0.811. The van der Waals surface area contributed by atoms with Gasteiger partial charge in [-0.15, -0.1) is 0 Å². The maximum atomic E-state index is 13.0. The van der Waals surface area contributed by atoms with Crippen molar-refractivity contribution in [2.45, 2.75) is 39.2 Å². The lowest BCUT2D eigenvalue weighted by molar-refractivity contribution is 0.410. The molecule has 0 fully saturated rings. The van der Waals surface area contributed by atoms with E-state index in [0.717, 1.165) is 18.4 Å². The molecule has 3 heteroatoms. The fourth-order valence-corrected chi connectivity index (χ4v) is 2.11. The van der Waals surface area contributed by atoms with Gasteiger partial charge >= 0.3 is 0 Å². The maximum absolute atomic E-state index is 13.0. The second-order valence-electron chi connectivity index (χ2n) is 4.69. The lowest BCUT2D eigenvalue weighted by Crippen LogP contribution is -2.29. The molecule has 0 amide bonds. The molecule has 17 heavy (non-hydrogen) atoms. The van der Waals surface area contributed by atoms with Gasteiger partial charge in [-0.05, 0) is 43.5 Å². The van der Waals surface area contributed by atoms with Crippen LogP contribution in [0.2, 0.25) is 5.02 Å². The Balaban J connectivity index is 2.63. The van der Waals surface area contributed by atoms with Gasteiger partial charge in [0.05, 0.1) is 5.02 Å². The topological polar surface area (TPSA) is 12.0 Å². The molecule has 1 nitrogen and oxygen atoms in total. The highest BCUT2D eigenvalue weighted by atomic mass is 35.5. The van der Waals surface area contributed by atoms with Gasteiger partial charge < -0.3 is 5.32 Å². The minimum Gasteiger partial charge on any atom is -0.317 e. The van der Waals surface area contributed by atoms with Crippen LogP contribution in [-0.2, 0) is 6.42 Å². The molecule has 1 aromatic rings. The first kappa shape index (κ1) is 14.5. The molecular weight excluding hydrogens is 237 g/mol. The summed E-state index contributed by atoms with van der Waals surface area (Å²) < 4.78 is 13.0. The third-order valence-electron chi connectivity index (χ3n) is 3.26. The average molecular weight is 258 g/mol. The Bertz CT molecular complexity index is 354. The van der Waals surface area contributed by atoms with E-state index in [1.807, 2.05) is 13.1 Å². The first-order chi connectivity index (χ1) is 8.06. The van der Waals surface area contributed by atoms with E-state index in [2.05, 4.69) is 19.2 Å². The standard InChI is InChI=1S/C14H21ClFN/c1-4-10(2)7-12(17-3)8-11-5-6-14(16)13(15)9-11/h5-6,9-10,12,17H,4,7-8H2,1-3H3. The second kappa shape index (κ2) is 6.97. The van der Waals surface area contributed by atoms with E-state index < -0.39 is 0 Å².